The van der Waals surface area contributed by atoms with Gasteiger partial charge in [0.15, 0.2) is 34.1 Å². The van der Waals surface area contributed by atoms with Gasteiger partial charge in [-0.3, -0.25) is 28.9 Å². The van der Waals surface area contributed by atoms with Crippen LogP contribution in [-0.2, 0) is 30.3 Å². The molecule has 0 unspecified atom stereocenters. The topological polar surface area (TPSA) is 372 Å². The average Bonchev–Trinajstić information content (AvgIpc) is 3.01. The predicted octanol–water partition coefficient (Wildman–Crippen LogP) is -2.22. The fourth-order valence-electron chi connectivity index (χ4n) is 4.14. The molecule has 11 N–H and O–H groups in total. The summed E-state index contributed by atoms with van der Waals surface area (Å²) in [6.45, 7) is -0.818. The standard InChI is InChI=1S/C25H41N12O12P/c1-16(50(46,47)48)32-21(39)18(10-6-12-30-23(26)27)35(37(44)45)22(40)19(11-7-13-31-24(28)29)34(36(42)43)20(38)14-33(2)25(41)49-15-17-8-4-3-5-9-17/h3-5,8-9,16,18-19H,6-7,10-15H2,1-2H3,(H,32,39)(H4,26,27,30)(H4,28,29,31)(H2,46,47,48)/t16-,18+,19+/m1/s1. The zero-order valence-corrected chi connectivity index (χ0v) is 28.0. The van der Waals surface area contributed by atoms with Crippen molar-refractivity contribution in [3.8, 4) is 0 Å². The summed E-state index contributed by atoms with van der Waals surface area (Å²) < 4.78 is 16.8. The van der Waals surface area contributed by atoms with Crippen LogP contribution in [0.15, 0.2) is 40.3 Å². The van der Waals surface area contributed by atoms with Crippen LogP contribution >= 0.6 is 7.60 Å². The summed E-state index contributed by atoms with van der Waals surface area (Å²) in [5.41, 5.74) is 21.7. The third-order valence-corrected chi connectivity index (χ3v) is 7.75. The van der Waals surface area contributed by atoms with Gasteiger partial charge in [0.25, 0.3) is 0 Å². The first-order chi connectivity index (χ1) is 23.3. The number of hydrazine groups is 2. The maximum absolute atomic E-state index is 13.9. The van der Waals surface area contributed by atoms with Crippen molar-refractivity contribution in [2.45, 2.75) is 57.1 Å². The lowest BCUT2D eigenvalue weighted by Gasteiger charge is -2.29. The normalized spacial score (nSPS) is 12.6. The summed E-state index contributed by atoms with van der Waals surface area (Å²) >= 11 is 0. The molecule has 1 rings (SSSR count). The summed E-state index contributed by atoms with van der Waals surface area (Å²) in [4.78, 5) is 105. The molecule has 4 amide bonds. The fraction of sp³-hybridized carbons (Fsp3) is 0.520. The number of carbonyl (C=O) groups is 4. The molecule has 25 heteroatoms. The number of likely N-dealkylation sites (N-methyl/N-ethyl adjacent to an activating group) is 1. The van der Waals surface area contributed by atoms with Crippen LogP contribution in [-0.4, -0.2) is 115 Å². The van der Waals surface area contributed by atoms with Crippen molar-refractivity contribution in [3.05, 3.63) is 56.1 Å². The number of amides is 4. The Hall–Kier alpha value is -5.61. The highest BCUT2D eigenvalue weighted by atomic mass is 31.2. The van der Waals surface area contributed by atoms with Gasteiger partial charge in [-0.15, -0.1) is 0 Å². The number of carbonyl (C=O) groups excluding carboxylic acids is 4. The lowest BCUT2D eigenvalue weighted by molar-refractivity contribution is -0.654. The molecule has 3 atom stereocenters. The van der Waals surface area contributed by atoms with E-state index in [4.69, 9.17) is 27.7 Å². The number of hydrogen-bond donors (Lipinski definition) is 7. The third kappa shape index (κ3) is 14.2. The molecular weight excluding hydrogens is 691 g/mol. The van der Waals surface area contributed by atoms with Crippen molar-refractivity contribution in [1.29, 1.82) is 0 Å². The van der Waals surface area contributed by atoms with E-state index in [1.54, 1.807) is 30.3 Å². The van der Waals surface area contributed by atoms with Crippen LogP contribution in [0.25, 0.3) is 0 Å². The minimum absolute atomic E-state index is 0.208. The number of ether oxygens (including phenoxy) is 1. The van der Waals surface area contributed by atoms with Gasteiger partial charge < -0.3 is 47.7 Å². The SMILES string of the molecule is C[C@H](NC(=O)[C@H](CCCN=C(N)N)N(C(=O)[C@H](CCCN=C(N)N)N(C(=O)CN(C)C(=O)OCc1ccccc1)[N+](=O)[O-])[N+](=O)[O-])P(=O)(O)O. The highest BCUT2D eigenvalue weighted by Gasteiger charge is 2.49. The number of nitrogens with one attached hydrogen (secondary N) is 1. The van der Waals surface area contributed by atoms with Crippen molar-refractivity contribution in [1.82, 2.24) is 20.2 Å². The molecule has 0 fully saturated rings. The van der Waals surface area contributed by atoms with Gasteiger partial charge in [-0.05, 0) is 48.2 Å². The summed E-state index contributed by atoms with van der Waals surface area (Å²) in [5, 5.41) is 23.3. The molecule has 0 saturated heterocycles. The number of hydrogen-bond acceptors (Lipinski definition) is 12. The van der Waals surface area contributed by atoms with E-state index in [1.165, 1.54) is 0 Å². The van der Waals surface area contributed by atoms with Crippen molar-refractivity contribution in [3.63, 3.8) is 0 Å². The van der Waals surface area contributed by atoms with E-state index in [1.807, 2.05) is 5.32 Å². The van der Waals surface area contributed by atoms with Crippen molar-refractivity contribution >= 4 is 43.3 Å². The Morgan fingerprint density at radius 1 is 0.920 bits per heavy atom. The van der Waals surface area contributed by atoms with Crippen LogP contribution in [0.1, 0.15) is 38.2 Å². The van der Waals surface area contributed by atoms with E-state index < -0.39 is 84.7 Å². The van der Waals surface area contributed by atoms with Crippen molar-refractivity contribution in [2.75, 3.05) is 26.7 Å². The average molecular weight is 733 g/mol. The molecule has 0 bridgehead atoms. The Kier molecular flexibility index (Phi) is 17.0. The van der Waals surface area contributed by atoms with Crippen LogP contribution in [0, 0.1) is 20.2 Å². The van der Waals surface area contributed by atoms with Gasteiger partial charge in [0.05, 0.1) is 0 Å². The lowest BCUT2D eigenvalue weighted by Crippen LogP contribution is -2.61. The second-order valence-corrected chi connectivity index (χ2v) is 12.4. The van der Waals surface area contributed by atoms with Crippen LogP contribution in [0.4, 0.5) is 4.79 Å². The molecule has 0 radical (unpaired) electrons. The number of nitro groups is 2. The molecule has 50 heavy (non-hydrogen) atoms. The second-order valence-electron chi connectivity index (χ2n) is 10.5. The minimum atomic E-state index is -4.98. The van der Waals surface area contributed by atoms with Crippen LogP contribution < -0.4 is 28.3 Å². The van der Waals surface area contributed by atoms with Crippen LogP contribution in [0.3, 0.4) is 0 Å². The quantitative estimate of drug-likeness (QED) is 0.0186. The van der Waals surface area contributed by atoms with E-state index in [0.717, 1.165) is 14.0 Å². The molecule has 1 aromatic carbocycles. The number of nitrogens with zero attached hydrogens (tertiary/aromatic N) is 7. The van der Waals surface area contributed by atoms with E-state index in [2.05, 4.69) is 9.98 Å². The smallest absolute Gasteiger partial charge is 0.410 e. The van der Waals surface area contributed by atoms with Gasteiger partial charge in [-0.2, -0.15) is 0 Å². The Labute approximate surface area is 284 Å². The van der Waals surface area contributed by atoms with Gasteiger partial charge in [0.1, 0.15) is 18.9 Å². The van der Waals surface area contributed by atoms with E-state index in [9.17, 15) is 53.8 Å². The molecule has 0 heterocycles. The Balaban J connectivity index is 3.53. The molecule has 24 nitrogen and oxygen atoms in total. The van der Waals surface area contributed by atoms with Gasteiger partial charge in [0.2, 0.25) is 5.91 Å². The molecule has 0 aliphatic rings. The zero-order valence-electron chi connectivity index (χ0n) is 27.1. The first-order valence-electron chi connectivity index (χ1n) is 14.6. The van der Waals surface area contributed by atoms with Crippen molar-refractivity contribution < 1.29 is 48.3 Å². The maximum Gasteiger partial charge on any atom is 0.410 e. The number of guanidine groups is 2. The van der Waals surface area contributed by atoms with Gasteiger partial charge >= 0.3 is 25.5 Å². The van der Waals surface area contributed by atoms with Gasteiger partial charge in [0, 0.05) is 20.1 Å². The number of rotatable bonds is 20. The summed E-state index contributed by atoms with van der Waals surface area (Å²) in [6, 6.07) is 3.93. The second kappa shape index (κ2) is 20.0. The summed E-state index contributed by atoms with van der Waals surface area (Å²) in [6.07, 6.45) is -2.81. The number of benzene rings is 1. The van der Waals surface area contributed by atoms with Gasteiger partial charge in [-0.1, -0.05) is 30.3 Å². The van der Waals surface area contributed by atoms with E-state index >= 15 is 0 Å². The van der Waals surface area contributed by atoms with Crippen molar-refractivity contribution in [2.24, 2.45) is 32.9 Å². The molecular formula is C25H41N12O12P. The molecule has 0 aliphatic carbocycles. The Bertz CT molecular complexity index is 1470. The number of nitrogens with two attached hydrogens (primary N) is 4. The molecule has 1 aromatic rings. The largest absolute Gasteiger partial charge is 0.445 e. The fourth-order valence-corrected chi connectivity index (χ4v) is 4.43. The molecule has 278 valence electrons. The monoisotopic (exact) mass is 732 g/mol. The van der Waals surface area contributed by atoms with Crippen LogP contribution in [0.2, 0.25) is 0 Å². The van der Waals surface area contributed by atoms with E-state index in [-0.39, 0.29) is 48.5 Å². The third-order valence-electron chi connectivity index (χ3n) is 6.62. The predicted molar refractivity (Wildman–Crippen MR) is 174 cm³/mol. The van der Waals surface area contributed by atoms with E-state index in [0.29, 0.717) is 10.5 Å². The molecule has 0 aromatic heterocycles. The first kappa shape index (κ1) is 42.4. The molecule has 0 spiro atoms. The Morgan fingerprint density at radius 3 is 1.88 bits per heavy atom. The lowest BCUT2D eigenvalue weighted by atomic mass is 10.1. The summed E-state index contributed by atoms with van der Waals surface area (Å²) in [7, 11) is -3.91. The highest BCUT2D eigenvalue weighted by molar-refractivity contribution is 7.52. The van der Waals surface area contributed by atoms with Gasteiger partial charge in [-0.25, -0.2) is 25.0 Å². The Morgan fingerprint density at radius 2 is 1.42 bits per heavy atom. The zero-order chi connectivity index (χ0) is 38.2. The van der Waals surface area contributed by atoms with Crippen LogP contribution in [0.5, 0.6) is 0 Å². The highest BCUT2D eigenvalue weighted by Crippen LogP contribution is 2.39. The summed E-state index contributed by atoms with van der Waals surface area (Å²) in [5.74, 6) is -7.29. The maximum atomic E-state index is 13.9. The minimum Gasteiger partial charge on any atom is -0.445 e. The first-order valence-corrected chi connectivity index (χ1v) is 16.3. The molecule has 0 saturated carbocycles. The number of aliphatic imine (C=N–C) groups is 2. The molecule has 0 aliphatic heterocycles.